The maximum absolute atomic E-state index is 13.1. The van der Waals surface area contributed by atoms with Gasteiger partial charge in [0.15, 0.2) is 5.78 Å². The molecular formula is C26H33NO4S. The first-order chi connectivity index (χ1) is 15.4. The summed E-state index contributed by atoms with van der Waals surface area (Å²) < 4.78 is 30.9. The van der Waals surface area contributed by atoms with E-state index in [1.54, 1.807) is 43.5 Å². The predicted octanol–water partition coefficient (Wildman–Crippen LogP) is 5.14. The molecular weight excluding hydrogens is 422 g/mol. The van der Waals surface area contributed by atoms with E-state index < -0.39 is 9.84 Å². The van der Waals surface area contributed by atoms with Crippen molar-refractivity contribution in [3.63, 3.8) is 0 Å². The number of nitrogens with zero attached hydrogens (tertiary/aromatic N) is 1. The third kappa shape index (κ3) is 4.76. The highest BCUT2D eigenvalue weighted by Crippen LogP contribution is 2.32. The van der Waals surface area contributed by atoms with Crippen molar-refractivity contribution in [1.82, 2.24) is 4.90 Å². The Morgan fingerprint density at radius 3 is 2.06 bits per heavy atom. The van der Waals surface area contributed by atoms with Crippen molar-refractivity contribution in [1.29, 1.82) is 0 Å². The summed E-state index contributed by atoms with van der Waals surface area (Å²) >= 11 is 0. The second-order valence-electron chi connectivity index (χ2n) is 9.17. The van der Waals surface area contributed by atoms with Gasteiger partial charge in [0.25, 0.3) is 0 Å². The van der Waals surface area contributed by atoms with Gasteiger partial charge in [0.05, 0.1) is 16.9 Å². The summed E-state index contributed by atoms with van der Waals surface area (Å²) in [6.07, 6.45) is 8.32. The number of ketones is 1. The topological polar surface area (TPSA) is 63.7 Å². The van der Waals surface area contributed by atoms with Crippen LogP contribution in [-0.4, -0.2) is 44.8 Å². The first-order valence-electron chi connectivity index (χ1n) is 11.7. The highest BCUT2D eigenvalue weighted by Gasteiger charge is 2.34. The zero-order chi connectivity index (χ0) is 22.7. The maximum atomic E-state index is 13.1. The molecule has 2 atom stereocenters. The minimum atomic E-state index is -3.63. The number of likely N-dealkylation sites (tertiary alicyclic amines) is 1. The lowest BCUT2D eigenvalue weighted by Crippen LogP contribution is -2.48. The molecule has 5 nitrogen and oxygen atoms in total. The van der Waals surface area contributed by atoms with Gasteiger partial charge in [0.2, 0.25) is 9.84 Å². The molecule has 1 aliphatic heterocycles. The Balaban J connectivity index is 1.43. The molecule has 2 aromatic carbocycles. The standard InChI is InChI=1S/C26H33NO4S/c1-19-18-21(16-17-27(19)22-6-4-3-5-7-22)26(28)20-8-12-24(13-9-20)32(29,30)25-14-10-23(31-2)11-15-25/h8-15,19,21-22H,3-7,16-18H2,1-2H3. The molecule has 0 amide bonds. The number of ether oxygens (including phenoxy) is 1. The van der Waals surface area contributed by atoms with Gasteiger partial charge in [0, 0.05) is 23.6 Å². The molecule has 1 saturated heterocycles. The van der Waals surface area contributed by atoms with Crippen molar-refractivity contribution >= 4 is 15.6 Å². The largest absolute Gasteiger partial charge is 0.497 e. The quantitative estimate of drug-likeness (QED) is 0.564. The van der Waals surface area contributed by atoms with Crippen LogP contribution in [0.5, 0.6) is 5.75 Å². The van der Waals surface area contributed by atoms with E-state index in [1.165, 1.54) is 44.2 Å². The Labute approximate surface area is 191 Å². The molecule has 2 unspecified atom stereocenters. The van der Waals surface area contributed by atoms with Gasteiger partial charge in [-0.25, -0.2) is 8.42 Å². The van der Waals surface area contributed by atoms with Crippen molar-refractivity contribution in [2.75, 3.05) is 13.7 Å². The first-order valence-corrected chi connectivity index (χ1v) is 13.2. The van der Waals surface area contributed by atoms with Crippen LogP contribution >= 0.6 is 0 Å². The molecule has 0 N–H and O–H groups in total. The lowest BCUT2D eigenvalue weighted by molar-refractivity contribution is 0.0508. The number of methoxy groups -OCH3 is 1. The van der Waals surface area contributed by atoms with E-state index in [0.717, 1.165) is 19.4 Å². The number of piperidine rings is 1. The molecule has 0 radical (unpaired) electrons. The van der Waals surface area contributed by atoms with Crippen LogP contribution in [0.25, 0.3) is 0 Å². The number of rotatable bonds is 6. The van der Waals surface area contributed by atoms with Crippen molar-refractivity contribution in [2.24, 2.45) is 5.92 Å². The number of hydrogen-bond donors (Lipinski definition) is 0. The second-order valence-corrected chi connectivity index (χ2v) is 11.1. The fraction of sp³-hybridized carbons (Fsp3) is 0.500. The van der Waals surface area contributed by atoms with Crippen molar-refractivity contribution in [3.8, 4) is 5.75 Å². The maximum Gasteiger partial charge on any atom is 0.206 e. The van der Waals surface area contributed by atoms with Crippen LogP contribution in [-0.2, 0) is 9.84 Å². The van der Waals surface area contributed by atoms with Crippen molar-refractivity contribution < 1.29 is 17.9 Å². The minimum absolute atomic E-state index is 0.00823. The van der Waals surface area contributed by atoms with Gasteiger partial charge in [-0.1, -0.05) is 31.4 Å². The van der Waals surface area contributed by atoms with Crippen LogP contribution in [0.3, 0.4) is 0 Å². The van der Waals surface area contributed by atoms with Gasteiger partial charge in [-0.2, -0.15) is 0 Å². The lowest BCUT2D eigenvalue weighted by Gasteiger charge is -2.43. The van der Waals surface area contributed by atoms with E-state index in [1.807, 2.05) is 0 Å². The monoisotopic (exact) mass is 455 g/mol. The molecule has 0 spiro atoms. The fourth-order valence-electron chi connectivity index (χ4n) is 5.31. The summed E-state index contributed by atoms with van der Waals surface area (Å²) in [7, 11) is -2.09. The SMILES string of the molecule is COc1ccc(S(=O)(=O)c2ccc(C(=O)C3CCN(C4CCCCC4)C(C)C3)cc2)cc1. The lowest BCUT2D eigenvalue weighted by atomic mass is 9.83. The average Bonchev–Trinajstić information content (AvgIpc) is 2.84. The van der Waals surface area contributed by atoms with Crippen molar-refractivity contribution in [3.05, 3.63) is 54.1 Å². The zero-order valence-electron chi connectivity index (χ0n) is 19.0. The number of sulfone groups is 1. The molecule has 4 rings (SSSR count). The second kappa shape index (κ2) is 9.75. The highest BCUT2D eigenvalue weighted by atomic mass is 32.2. The molecule has 6 heteroatoms. The Morgan fingerprint density at radius 1 is 0.906 bits per heavy atom. The van der Waals surface area contributed by atoms with Crippen molar-refractivity contribution in [2.45, 2.75) is 73.7 Å². The molecule has 1 heterocycles. The normalized spacial score (nSPS) is 23.1. The number of Topliss-reactive ketones (excluding diaryl/α,β-unsaturated/α-hetero) is 1. The molecule has 1 saturated carbocycles. The number of carbonyl (C=O) groups is 1. The first kappa shape index (κ1) is 23.0. The Kier molecular flexibility index (Phi) is 7.01. The molecule has 2 aromatic rings. The van der Waals surface area contributed by atoms with Gasteiger partial charge in [-0.3, -0.25) is 9.69 Å². The van der Waals surface area contributed by atoms with Crippen LogP contribution in [0.2, 0.25) is 0 Å². The van der Waals surface area contributed by atoms with Gasteiger partial charge < -0.3 is 4.74 Å². The van der Waals surface area contributed by atoms with E-state index in [-0.39, 0.29) is 21.5 Å². The summed E-state index contributed by atoms with van der Waals surface area (Å²) in [6, 6.07) is 13.8. The average molecular weight is 456 g/mol. The van der Waals surface area contributed by atoms with Crippen LogP contribution in [0.4, 0.5) is 0 Å². The zero-order valence-corrected chi connectivity index (χ0v) is 19.8. The summed E-state index contributed by atoms with van der Waals surface area (Å²) in [5.41, 5.74) is 0.599. The van der Waals surface area contributed by atoms with Gasteiger partial charge in [-0.15, -0.1) is 0 Å². The van der Waals surface area contributed by atoms with Crippen LogP contribution < -0.4 is 4.74 Å². The molecule has 1 aliphatic carbocycles. The summed E-state index contributed by atoms with van der Waals surface area (Å²) in [5, 5.41) is 0. The van der Waals surface area contributed by atoms with Crippen LogP contribution in [0, 0.1) is 5.92 Å². The van der Waals surface area contributed by atoms with Crippen LogP contribution in [0.15, 0.2) is 58.3 Å². The van der Waals surface area contributed by atoms with E-state index in [0.29, 0.717) is 23.4 Å². The highest BCUT2D eigenvalue weighted by molar-refractivity contribution is 7.91. The molecule has 32 heavy (non-hydrogen) atoms. The van der Waals surface area contributed by atoms with Gasteiger partial charge in [0.1, 0.15) is 5.75 Å². The third-order valence-corrected chi connectivity index (χ3v) is 8.95. The van der Waals surface area contributed by atoms with E-state index in [2.05, 4.69) is 11.8 Å². The molecule has 2 aliphatic rings. The summed E-state index contributed by atoms with van der Waals surface area (Å²) in [5.74, 6) is 0.746. The fourth-order valence-corrected chi connectivity index (χ4v) is 6.57. The van der Waals surface area contributed by atoms with E-state index in [9.17, 15) is 13.2 Å². The Bertz CT molecular complexity index is 1020. The molecule has 172 valence electrons. The van der Waals surface area contributed by atoms with Crippen LogP contribution in [0.1, 0.15) is 62.2 Å². The minimum Gasteiger partial charge on any atom is -0.497 e. The summed E-state index contributed by atoms with van der Waals surface area (Å²) in [6.45, 7) is 3.23. The van der Waals surface area contributed by atoms with E-state index >= 15 is 0 Å². The number of benzene rings is 2. The Morgan fingerprint density at radius 2 is 1.50 bits per heavy atom. The molecule has 0 bridgehead atoms. The Hall–Kier alpha value is -2.18. The number of carbonyl (C=O) groups excluding carboxylic acids is 1. The smallest absolute Gasteiger partial charge is 0.206 e. The third-order valence-electron chi connectivity index (χ3n) is 7.16. The van der Waals surface area contributed by atoms with Gasteiger partial charge >= 0.3 is 0 Å². The summed E-state index contributed by atoms with van der Waals surface area (Å²) in [4.78, 5) is 16.2. The number of hydrogen-bond acceptors (Lipinski definition) is 5. The van der Waals surface area contributed by atoms with E-state index in [4.69, 9.17) is 4.74 Å². The molecule has 0 aromatic heterocycles. The predicted molar refractivity (Wildman–Crippen MR) is 125 cm³/mol. The molecule has 2 fully saturated rings. The van der Waals surface area contributed by atoms with Gasteiger partial charge in [-0.05, 0) is 75.5 Å².